The number of phenolic OH excluding ortho intramolecular Hbond substituents is 1. The fraction of sp³-hybridized carbons (Fsp3) is 0.188. The fourth-order valence-electron chi connectivity index (χ4n) is 2.06. The van der Waals surface area contributed by atoms with Gasteiger partial charge in [-0.05, 0) is 43.2 Å². The average Bonchev–Trinajstić information content (AvgIpc) is 2.42. The van der Waals surface area contributed by atoms with Gasteiger partial charge in [-0.15, -0.1) is 0 Å². The highest BCUT2D eigenvalue weighted by Gasteiger charge is 2.10. The van der Waals surface area contributed by atoms with E-state index >= 15 is 0 Å². The summed E-state index contributed by atoms with van der Waals surface area (Å²) < 4.78 is 13.5. The first kappa shape index (κ1) is 13.9. The van der Waals surface area contributed by atoms with Crippen LogP contribution in [0.1, 0.15) is 18.1 Å². The monoisotopic (exact) mass is 270 g/mol. The van der Waals surface area contributed by atoms with Gasteiger partial charge in [-0.1, -0.05) is 18.2 Å². The predicted molar refractivity (Wildman–Crippen MR) is 76.0 cm³/mol. The first-order valence-electron chi connectivity index (χ1n) is 6.33. The summed E-state index contributed by atoms with van der Waals surface area (Å²) in [5, 5.41) is 21.3. The molecule has 0 amide bonds. The van der Waals surface area contributed by atoms with Crippen LogP contribution >= 0.6 is 0 Å². The Labute approximate surface area is 117 Å². The van der Waals surface area contributed by atoms with Crippen LogP contribution in [0.4, 0.5) is 10.1 Å². The smallest absolute Gasteiger partial charge is 0.143 e. The molecule has 2 N–H and O–H groups in total. The second-order valence-corrected chi connectivity index (χ2v) is 4.69. The maximum Gasteiger partial charge on any atom is 0.143 e. The molecule has 2 aromatic carbocycles. The van der Waals surface area contributed by atoms with Crippen molar-refractivity contribution in [1.82, 2.24) is 0 Å². The van der Waals surface area contributed by atoms with Crippen molar-refractivity contribution in [3.05, 3.63) is 59.4 Å². The van der Waals surface area contributed by atoms with E-state index in [4.69, 9.17) is 5.26 Å². The third-order valence-corrected chi connectivity index (χ3v) is 3.01. The normalized spacial score (nSPS) is 11.7. The molecule has 0 bridgehead atoms. The quantitative estimate of drug-likeness (QED) is 0.894. The number of halogens is 1. The lowest BCUT2D eigenvalue weighted by molar-refractivity contribution is 0.475. The first-order valence-corrected chi connectivity index (χ1v) is 6.33. The fourth-order valence-corrected chi connectivity index (χ4v) is 2.06. The van der Waals surface area contributed by atoms with E-state index in [9.17, 15) is 9.50 Å². The van der Waals surface area contributed by atoms with Crippen molar-refractivity contribution >= 4 is 5.69 Å². The Morgan fingerprint density at radius 3 is 2.60 bits per heavy atom. The number of hydrogen-bond acceptors (Lipinski definition) is 3. The van der Waals surface area contributed by atoms with Gasteiger partial charge < -0.3 is 10.4 Å². The second-order valence-electron chi connectivity index (χ2n) is 4.69. The number of anilines is 1. The molecule has 3 nitrogen and oxygen atoms in total. The Bertz CT molecular complexity index is 632. The maximum absolute atomic E-state index is 13.5. The molecule has 0 aromatic heterocycles. The van der Waals surface area contributed by atoms with Crippen molar-refractivity contribution in [2.24, 2.45) is 0 Å². The zero-order chi connectivity index (χ0) is 14.5. The van der Waals surface area contributed by atoms with Gasteiger partial charge in [0.2, 0.25) is 0 Å². The van der Waals surface area contributed by atoms with E-state index in [-0.39, 0.29) is 17.4 Å². The van der Waals surface area contributed by atoms with Crippen molar-refractivity contribution in [3.63, 3.8) is 0 Å². The third-order valence-electron chi connectivity index (χ3n) is 3.01. The van der Waals surface area contributed by atoms with Gasteiger partial charge in [0.1, 0.15) is 23.2 Å². The summed E-state index contributed by atoms with van der Waals surface area (Å²) in [4.78, 5) is 0. The van der Waals surface area contributed by atoms with Crippen molar-refractivity contribution in [2.45, 2.75) is 19.4 Å². The van der Waals surface area contributed by atoms with Crippen molar-refractivity contribution in [1.29, 1.82) is 5.26 Å². The number of phenols is 1. The molecular formula is C16H15FN2O. The number of benzene rings is 2. The van der Waals surface area contributed by atoms with Gasteiger partial charge in [0.25, 0.3) is 0 Å². The van der Waals surface area contributed by atoms with Crippen molar-refractivity contribution in [2.75, 3.05) is 5.32 Å². The van der Waals surface area contributed by atoms with Gasteiger partial charge in [0.15, 0.2) is 0 Å². The summed E-state index contributed by atoms with van der Waals surface area (Å²) in [5.74, 6) is -0.291. The topological polar surface area (TPSA) is 56.0 Å². The molecule has 0 saturated heterocycles. The van der Waals surface area contributed by atoms with Crippen LogP contribution in [0.2, 0.25) is 0 Å². The maximum atomic E-state index is 13.5. The third kappa shape index (κ3) is 3.27. The Kier molecular flexibility index (Phi) is 4.21. The van der Waals surface area contributed by atoms with Crippen LogP contribution in [0.25, 0.3) is 0 Å². The lowest BCUT2D eigenvalue weighted by Gasteiger charge is -2.16. The molecule has 0 spiro atoms. The lowest BCUT2D eigenvalue weighted by atomic mass is 10.1. The van der Waals surface area contributed by atoms with Crippen molar-refractivity contribution < 1.29 is 9.50 Å². The highest BCUT2D eigenvalue weighted by Crippen LogP contribution is 2.20. The van der Waals surface area contributed by atoms with Crippen LogP contribution in [0.5, 0.6) is 5.75 Å². The van der Waals surface area contributed by atoms with Crippen LogP contribution in [-0.4, -0.2) is 11.1 Å². The van der Waals surface area contributed by atoms with Crippen LogP contribution in [0.3, 0.4) is 0 Å². The van der Waals surface area contributed by atoms with E-state index in [0.29, 0.717) is 12.1 Å². The first-order chi connectivity index (χ1) is 9.60. The molecule has 20 heavy (non-hydrogen) atoms. The standard InChI is InChI=1S/C16H15FN2O/c1-11(9-12-5-7-13(20)8-6-12)19-16-4-2-3-15(17)14(16)10-18/h2-8,11,19-20H,9H2,1H3. The Hall–Kier alpha value is -2.54. The molecule has 0 aliphatic heterocycles. The van der Waals surface area contributed by atoms with E-state index in [0.717, 1.165) is 5.56 Å². The van der Waals surface area contributed by atoms with Gasteiger partial charge >= 0.3 is 0 Å². The van der Waals surface area contributed by atoms with Gasteiger partial charge in [0, 0.05) is 6.04 Å². The summed E-state index contributed by atoms with van der Waals surface area (Å²) >= 11 is 0. The molecule has 2 rings (SSSR count). The predicted octanol–water partition coefficient (Wildman–Crippen LogP) is 3.45. The molecule has 2 aromatic rings. The van der Waals surface area contributed by atoms with E-state index in [1.54, 1.807) is 24.3 Å². The zero-order valence-electron chi connectivity index (χ0n) is 11.1. The van der Waals surface area contributed by atoms with Gasteiger partial charge in [-0.2, -0.15) is 5.26 Å². The van der Waals surface area contributed by atoms with Crippen molar-refractivity contribution in [3.8, 4) is 11.8 Å². The van der Waals surface area contributed by atoms with Crippen LogP contribution in [-0.2, 0) is 6.42 Å². The number of aromatic hydroxyl groups is 1. The number of nitriles is 1. The summed E-state index contributed by atoms with van der Waals surface area (Å²) in [7, 11) is 0. The summed E-state index contributed by atoms with van der Waals surface area (Å²) in [5.41, 5.74) is 1.58. The minimum absolute atomic E-state index is 0.0325. The molecule has 0 aliphatic carbocycles. The molecule has 1 unspecified atom stereocenters. The van der Waals surface area contributed by atoms with Gasteiger partial charge in [-0.3, -0.25) is 0 Å². The minimum Gasteiger partial charge on any atom is -0.508 e. The number of nitrogens with zero attached hydrogens (tertiary/aromatic N) is 1. The molecule has 0 saturated carbocycles. The van der Waals surface area contributed by atoms with Gasteiger partial charge in [0.05, 0.1) is 5.69 Å². The van der Waals surface area contributed by atoms with Crippen LogP contribution in [0.15, 0.2) is 42.5 Å². The number of nitrogens with one attached hydrogen (secondary N) is 1. The number of rotatable bonds is 4. The highest BCUT2D eigenvalue weighted by atomic mass is 19.1. The van der Waals surface area contributed by atoms with E-state index in [1.807, 2.05) is 25.1 Å². The Morgan fingerprint density at radius 2 is 1.95 bits per heavy atom. The van der Waals surface area contributed by atoms with E-state index < -0.39 is 5.82 Å². The van der Waals surface area contributed by atoms with E-state index in [2.05, 4.69) is 5.32 Å². The molecule has 102 valence electrons. The van der Waals surface area contributed by atoms with Crippen LogP contribution in [0, 0.1) is 17.1 Å². The largest absolute Gasteiger partial charge is 0.508 e. The summed E-state index contributed by atoms with van der Waals surface area (Å²) in [6, 6.07) is 13.4. The average molecular weight is 270 g/mol. The second kappa shape index (κ2) is 6.07. The highest BCUT2D eigenvalue weighted by molar-refractivity contribution is 5.58. The van der Waals surface area contributed by atoms with Crippen LogP contribution < -0.4 is 5.32 Å². The number of hydrogen-bond donors (Lipinski definition) is 2. The Morgan fingerprint density at radius 1 is 1.25 bits per heavy atom. The Balaban J connectivity index is 2.09. The molecule has 4 heteroatoms. The molecule has 0 aliphatic rings. The van der Waals surface area contributed by atoms with Gasteiger partial charge in [-0.25, -0.2) is 4.39 Å². The van der Waals surface area contributed by atoms with E-state index in [1.165, 1.54) is 6.07 Å². The molecule has 0 radical (unpaired) electrons. The lowest BCUT2D eigenvalue weighted by Crippen LogP contribution is -2.19. The minimum atomic E-state index is -0.519. The zero-order valence-corrected chi connectivity index (χ0v) is 11.1. The summed E-state index contributed by atoms with van der Waals surface area (Å²) in [6.45, 7) is 1.96. The molecule has 0 fully saturated rings. The molecule has 0 heterocycles. The summed E-state index contributed by atoms with van der Waals surface area (Å²) in [6.07, 6.45) is 0.710. The molecule has 1 atom stereocenters. The molecular weight excluding hydrogens is 255 g/mol. The SMILES string of the molecule is CC(Cc1ccc(O)cc1)Nc1cccc(F)c1C#N.